The fourth-order valence-corrected chi connectivity index (χ4v) is 3.07. The average molecular weight is 224 g/mol. The highest BCUT2D eigenvalue weighted by Crippen LogP contribution is 2.37. The lowest BCUT2D eigenvalue weighted by atomic mass is 9.84. The molecule has 2 heteroatoms. The normalized spacial score (nSPS) is 21.2. The van der Waals surface area contributed by atoms with E-state index in [4.69, 9.17) is 0 Å². The third-order valence-electron chi connectivity index (χ3n) is 4.05. The van der Waals surface area contributed by atoms with Crippen molar-refractivity contribution in [3.63, 3.8) is 0 Å². The van der Waals surface area contributed by atoms with Gasteiger partial charge in [-0.3, -0.25) is 0 Å². The summed E-state index contributed by atoms with van der Waals surface area (Å²) in [5.41, 5.74) is 0.364. The Morgan fingerprint density at radius 1 is 1.38 bits per heavy atom. The SMILES string of the molecule is C=CCC(NCCC)C1(N(C)C)CCCC1. The molecule has 0 heterocycles. The molecule has 1 rings (SSSR count). The largest absolute Gasteiger partial charge is 0.312 e. The molecule has 1 fully saturated rings. The number of hydrogen-bond acceptors (Lipinski definition) is 2. The maximum absolute atomic E-state index is 3.91. The van der Waals surface area contributed by atoms with E-state index in [0.717, 1.165) is 13.0 Å². The smallest absolute Gasteiger partial charge is 0.0359 e. The van der Waals surface area contributed by atoms with Gasteiger partial charge in [-0.15, -0.1) is 6.58 Å². The van der Waals surface area contributed by atoms with Crippen LogP contribution in [0.4, 0.5) is 0 Å². The summed E-state index contributed by atoms with van der Waals surface area (Å²) in [5, 5.41) is 3.72. The quantitative estimate of drug-likeness (QED) is 0.669. The lowest BCUT2D eigenvalue weighted by Gasteiger charge is -2.43. The van der Waals surface area contributed by atoms with Crippen LogP contribution in [-0.4, -0.2) is 37.1 Å². The Morgan fingerprint density at radius 3 is 2.44 bits per heavy atom. The molecule has 1 N–H and O–H groups in total. The molecule has 0 aromatic carbocycles. The molecule has 1 unspecified atom stereocenters. The summed E-state index contributed by atoms with van der Waals surface area (Å²) in [6, 6.07) is 0.572. The summed E-state index contributed by atoms with van der Waals surface area (Å²) in [7, 11) is 4.46. The zero-order chi connectivity index (χ0) is 12.0. The molecule has 0 amide bonds. The fourth-order valence-electron chi connectivity index (χ4n) is 3.07. The number of rotatable bonds is 7. The first-order chi connectivity index (χ1) is 7.67. The molecule has 2 nitrogen and oxygen atoms in total. The van der Waals surface area contributed by atoms with E-state index in [9.17, 15) is 0 Å². The van der Waals surface area contributed by atoms with Gasteiger partial charge < -0.3 is 10.2 Å². The minimum absolute atomic E-state index is 0.364. The Kier molecular flexibility index (Phi) is 5.50. The minimum atomic E-state index is 0.364. The van der Waals surface area contributed by atoms with Crippen LogP contribution in [0.1, 0.15) is 45.4 Å². The lowest BCUT2D eigenvalue weighted by molar-refractivity contribution is 0.106. The van der Waals surface area contributed by atoms with Crippen molar-refractivity contribution < 1.29 is 0 Å². The van der Waals surface area contributed by atoms with Crippen LogP contribution in [-0.2, 0) is 0 Å². The molecule has 16 heavy (non-hydrogen) atoms. The lowest BCUT2D eigenvalue weighted by Crippen LogP contribution is -2.57. The molecule has 0 aromatic heterocycles. The van der Waals surface area contributed by atoms with E-state index in [2.05, 4.69) is 43.9 Å². The Morgan fingerprint density at radius 2 is 2.00 bits per heavy atom. The molecule has 1 aliphatic carbocycles. The highest BCUT2D eigenvalue weighted by Gasteiger charge is 2.42. The topological polar surface area (TPSA) is 15.3 Å². The van der Waals surface area contributed by atoms with Crippen LogP contribution in [0.15, 0.2) is 12.7 Å². The summed E-state index contributed by atoms with van der Waals surface area (Å²) in [6.07, 6.45) is 9.76. The molecular formula is C14H28N2. The molecule has 0 bridgehead atoms. The van der Waals surface area contributed by atoms with Gasteiger partial charge in [-0.05, 0) is 46.3 Å². The summed E-state index contributed by atoms with van der Waals surface area (Å²) < 4.78 is 0. The van der Waals surface area contributed by atoms with Gasteiger partial charge in [-0.1, -0.05) is 25.8 Å². The summed E-state index contributed by atoms with van der Waals surface area (Å²) in [5.74, 6) is 0. The molecule has 94 valence electrons. The number of hydrogen-bond donors (Lipinski definition) is 1. The van der Waals surface area contributed by atoms with Crippen LogP contribution >= 0.6 is 0 Å². The van der Waals surface area contributed by atoms with Gasteiger partial charge in [0.1, 0.15) is 0 Å². The van der Waals surface area contributed by atoms with Crippen molar-refractivity contribution in [2.45, 2.75) is 57.0 Å². The Bertz CT molecular complexity index is 205. The van der Waals surface area contributed by atoms with E-state index in [1.165, 1.54) is 32.1 Å². The van der Waals surface area contributed by atoms with Crippen LogP contribution < -0.4 is 5.32 Å². The Balaban J connectivity index is 2.74. The van der Waals surface area contributed by atoms with Crippen LogP contribution in [0.5, 0.6) is 0 Å². The molecule has 0 aromatic rings. The molecule has 0 aliphatic heterocycles. The monoisotopic (exact) mass is 224 g/mol. The van der Waals surface area contributed by atoms with Gasteiger partial charge in [0.2, 0.25) is 0 Å². The molecule has 1 saturated carbocycles. The number of nitrogens with zero attached hydrogens (tertiary/aromatic N) is 1. The van der Waals surface area contributed by atoms with Crippen LogP contribution in [0.25, 0.3) is 0 Å². The van der Waals surface area contributed by atoms with Gasteiger partial charge in [0.15, 0.2) is 0 Å². The van der Waals surface area contributed by atoms with E-state index in [0.29, 0.717) is 11.6 Å². The van der Waals surface area contributed by atoms with Crippen molar-refractivity contribution in [2.75, 3.05) is 20.6 Å². The van der Waals surface area contributed by atoms with Gasteiger partial charge in [0.25, 0.3) is 0 Å². The summed E-state index contributed by atoms with van der Waals surface area (Å²) >= 11 is 0. The van der Waals surface area contributed by atoms with Crippen LogP contribution in [0.3, 0.4) is 0 Å². The van der Waals surface area contributed by atoms with Gasteiger partial charge in [-0.25, -0.2) is 0 Å². The molecule has 0 radical (unpaired) electrons. The van der Waals surface area contributed by atoms with Crippen LogP contribution in [0, 0.1) is 0 Å². The van der Waals surface area contributed by atoms with Gasteiger partial charge in [0, 0.05) is 11.6 Å². The van der Waals surface area contributed by atoms with Crippen LogP contribution in [0.2, 0.25) is 0 Å². The highest BCUT2D eigenvalue weighted by molar-refractivity contribution is 5.03. The van der Waals surface area contributed by atoms with Crippen molar-refractivity contribution >= 4 is 0 Å². The maximum atomic E-state index is 3.91. The van der Waals surface area contributed by atoms with Crippen molar-refractivity contribution in [3.8, 4) is 0 Å². The molecule has 0 spiro atoms. The minimum Gasteiger partial charge on any atom is -0.312 e. The van der Waals surface area contributed by atoms with Crippen molar-refractivity contribution in [1.29, 1.82) is 0 Å². The first-order valence-corrected chi connectivity index (χ1v) is 6.69. The zero-order valence-corrected chi connectivity index (χ0v) is 11.3. The average Bonchev–Trinajstić information content (AvgIpc) is 2.74. The van der Waals surface area contributed by atoms with Gasteiger partial charge >= 0.3 is 0 Å². The predicted molar refractivity (Wildman–Crippen MR) is 71.8 cm³/mol. The molecule has 0 saturated heterocycles. The van der Waals surface area contributed by atoms with E-state index in [-0.39, 0.29) is 0 Å². The standard InChI is InChI=1S/C14H28N2/c1-5-9-13(15-12-6-2)14(16(3)4)10-7-8-11-14/h5,13,15H,1,6-12H2,2-4H3. The van der Waals surface area contributed by atoms with Gasteiger partial charge in [-0.2, -0.15) is 0 Å². The Labute approximate surface area is 101 Å². The second kappa shape index (κ2) is 6.41. The number of likely N-dealkylation sites (N-methyl/N-ethyl adjacent to an activating group) is 1. The Hall–Kier alpha value is -0.340. The summed E-state index contributed by atoms with van der Waals surface area (Å²) in [6.45, 7) is 7.26. The van der Waals surface area contributed by atoms with E-state index in [1.807, 2.05) is 0 Å². The second-order valence-electron chi connectivity index (χ2n) is 5.24. The molecule has 1 aliphatic rings. The van der Waals surface area contributed by atoms with E-state index < -0.39 is 0 Å². The third kappa shape index (κ3) is 2.86. The zero-order valence-electron chi connectivity index (χ0n) is 11.3. The first-order valence-electron chi connectivity index (χ1n) is 6.69. The molecular weight excluding hydrogens is 196 g/mol. The summed E-state index contributed by atoms with van der Waals surface area (Å²) in [4.78, 5) is 2.44. The maximum Gasteiger partial charge on any atom is 0.0359 e. The predicted octanol–water partition coefficient (Wildman–Crippen LogP) is 2.81. The van der Waals surface area contributed by atoms with Gasteiger partial charge in [0.05, 0.1) is 0 Å². The number of nitrogens with one attached hydrogen (secondary N) is 1. The highest BCUT2D eigenvalue weighted by atomic mass is 15.2. The van der Waals surface area contributed by atoms with E-state index >= 15 is 0 Å². The second-order valence-corrected chi connectivity index (χ2v) is 5.24. The fraction of sp³-hybridized carbons (Fsp3) is 0.857. The van der Waals surface area contributed by atoms with Crippen molar-refractivity contribution in [1.82, 2.24) is 10.2 Å². The first kappa shape index (κ1) is 13.7. The third-order valence-corrected chi connectivity index (χ3v) is 4.05. The molecule has 1 atom stereocenters. The van der Waals surface area contributed by atoms with E-state index in [1.54, 1.807) is 0 Å². The van der Waals surface area contributed by atoms with Crippen molar-refractivity contribution in [2.24, 2.45) is 0 Å². The van der Waals surface area contributed by atoms with Crippen molar-refractivity contribution in [3.05, 3.63) is 12.7 Å².